The van der Waals surface area contributed by atoms with Gasteiger partial charge < -0.3 is 30.1 Å². The quantitative estimate of drug-likeness (QED) is 0.397. The minimum atomic E-state index is -0.226. The molecule has 0 aromatic carbocycles. The van der Waals surface area contributed by atoms with Gasteiger partial charge in [0, 0.05) is 37.7 Å². The summed E-state index contributed by atoms with van der Waals surface area (Å²) in [6, 6.07) is 0. The summed E-state index contributed by atoms with van der Waals surface area (Å²) < 4.78 is 11.2. The molecule has 2 fully saturated rings. The standard InChI is InChI=1S/C24H36N6O4/c1-3-7-17-19(23(31)25-13-15-9-5-11-33-15)29-21(27-17)22-28-18(8-4-2)20(30-22)24(32)26-14-16-10-6-12-34-16/h15-16H,3-14H2,1-2H3,(H,25,31)(H,26,32)(H,27,29)(H,28,30)/t15-,16-/m1/s1. The fourth-order valence-corrected chi connectivity index (χ4v) is 4.47. The maximum absolute atomic E-state index is 12.9. The van der Waals surface area contributed by atoms with E-state index in [4.69, 9.17) is 9.47 Å². The largest absolute Gasteiger partial charge is 0.376 e. The number of aromatic amines is 2. The van der Waals surface area contributed by atoms with Gasteiger partial charge in [0.15, 0.2) is 11.6 Å². The van der Waals surface area contributed by atoms with Gasteiger partial charge in [-0.05, 0) is 38.5 Å². The Labute approximate surface area is 200 Å². The van der Waals surface area contributed by atoms with Gasteiger partial charge in [-0.1, -0.05) is 26.7 Å². The molecule has 0 bridgehead atoms. The molecule has 2 aromatic rings. The van der Waals surface area contributed by atoms with Crippen LogP contribution in [0.4, 0.5) is 0 Å². The van der Waals surface area contributed by atoms with Crippen LogP contribution in [0.5, 0.6) is 0 Å². The smallest absolute Gasteiger partial charge is 0.271 e. The molecular weight excluding hydrogens is 436 g/mol. The molecule has 0 radical (unpaired) electrons. The van der Waals surface area contributed by atoms with Crippen molar-refractivity contribution < 1.29 is 19.1 Å². The summed E-state index contributed by atoms with van der Waals surface area (Å²) in [4.78, 5) is 41.4. The molecule has 0 unspecified atom stereocenters. The molecule has 0 aliphatic carbocycles. The molecule has 10 nitrogen and oxygen atoms in total. The van der Waals surface area contributed by atoms with Crippen LogP contribution in [0.15, 0.2) is 0 Å². The van der Waals surface area contributed by atoms with Crippen molar-refractivity contribution in [2.75, 3.05) is 26.3 Å². The van der Waals surface area contributed by atoms with Crippen molar-refractivity contribution in [3.05, 3.63) is 22.8 Å². The lowest BCUT2D eigenvalue weighted by Crippen LogP contribution is -2.32. The Bertz CT molecular complexity index is 894. The van der Waals surface area contributed by atoms with Crippen molar-refractivity contribution in [3.63, 3.8) is 0 Å². The second kappa shape index (κ2) is 11.6. The number of nitrogens with zero attached hydrogens (tertiary/aromatic N) is 2. The predicted octanol–water partition coefficient (Wildman–Crippen LogP) is 2.52. The zero-order valence-electron chi connectivity index (χ0n) is 20.2. The highest BCUT2D eigenvalue weighted by Gasteiger charge is 2.25. The van der Waals surface area contributed by atoms with E-state index in [0.29, 0.717) is 49.0 Å². The van der Waals surface area contributed by atoms with E-state index in [2.05, 4.69) is 44.4 Å². The Morgan fingerprint density at radius 3 is 1.62 bits per heavy atom. The van der Waals surface area contributed by atoms with Crippen molar-refractivity contribution in [1.82, 2.24) is 30.6 Å². The topological polar surface area (TPSA) is 134 Å². The van der Waals surface area contributed by atoms with E-state index in [1.54, 1.807) is 0 Å². The number of hydrogen-bond donors (Lipinski definition) is 4. The van der Waals surface area contributed by atoms with Crippen LogP contribution in [0.1, 0.15) is 84.7 Å². The van der Waals surface area contributed by atoms with Crippen molar-refractivity contribution >= 4 is 11.8 Å². The highest BCUT2D eigenvalue weighted by atomic mass is 16.5. The lowest BCUT2D eigenvalue weighted by Gasteiger charge is -2.10. The van der Waals surface area contributed by atoms with Gasteiger partial charge in [0.05, 0.1) is 12.2 Å². The molecule has 4 rings (SSSR count). The highest BCUT2D eigenvalue weighted by molar-refractivity contribution is 5.95. The molecule has 4 N–H and O–H groups in total. The Kier molecular flexibility index (Phi) is 8.34. The van der Waals surface area contributed by atoms with Gasteiger partial charge in [-0.3, -0.25) is 9.59 Å². The molecule has 34 heavy (non-hydrogen) atoms. The van der Waals surface area contributed by atoms with Crippen molar-refractivity contribution in [3.8, 4) is 11.6 Å². The summed E-state index contributed by atoms with van der Waals surface area (Å²) in [5.41, 5.74) is 2.26. The highest BCUT2D eigenvalue weighted by Crippen LogP contribution is 2.21. The minimum Gasteiger partial charge on any atom is -0.376 e. The first-order valence-electron chi connectivity index (χ1n) is 12.6. The van der Waals surface area contributed by atoms with Gasteiger partial charge in [0.2, 0.25) is 0 Å². The first-order chi connectivity index (χ1) is 16.6. The lowest BCUT2D eigenvalue weighted by molar-refractivity contribution is 0.0849. The van der Waals surface area contributed by atoms with Crippen LogP contribution >= 0.6 is 0 Å². The Hall–Kier alpha value is -2.72. The number of rotatable bonds is 11. The molecule has 186 valence electrons. The normalized spacial score (nSPS) is 20.1. The fraction of sp³-hybridized carbons (Fsp3) is 0.667. The van der Waals surface area contributed by atoms with E-state index in [0.717, 1.165) is 63.1 Å². The number of aryl methyl sites for hydroxylation is 2. The number of amides is 2. The molecule has 2 aliphatic heterocycles. The van der Waals surface area contributed by atoms with Crippen LogP contribution in [0, 0.1) is 0 Å². The number of carbonyl (C=O) groups excluding carboxylic acids is 2. The van der Waals surface area contributed by atoms with Crippen molar-refractivity contribution in [2.45, 2.75) is 77.4 Å². The zero-order valence-corrected chi connectivity index (χ0v) is 20.2. The monoisotopic (exact) mass is 472 g/mol. The summed E-state index contributed by atoms with van der Waals surface area (Å²) in [5.74, 6) is 0.468. The minimum absolute atomic E-state index is 0.0642. The van der Waals surface area contributed by atoms with Crippen LogP contribution in [-0.2, 0) is 22.3 Å². The van der Waals surface area contributed by atoms with Gasteiger partial charge in [-0.2, -0.15) is 0 Å². The SMILES string of the molecule is CCCc1[nH]c(-c2nc(C(=O)NC[C@H]3CCCO3)c(CCC)[nH]2)nc1C(=O)NC[C@H]1CCCO1. The van der Waals surface area contributed by atoms with E-state index >= 15 is 0 Å². The molecule has 2 saturated heterocycles. The number of carbonyl (C=O) groups is 2. The summed E-state index contributed by atoms with van der Waals surface area (Å²) in [6.07, 6.45) is 7.19. The second-order valence-electron chi connectivity index (χ2n) is 9.02. The maximum atomic E-state index is 12.9. The average molecular weight is 473 g/mol. The van der Waals surface area contributed by atoms with Gasteiger partial charge in [-0.25, -0.2) is 9.97 Å². The first-order valence-corrected chi connectivity index (χ1v) is 12.6. The molecule has 4 heterocycles. The van der Waals surface area contributed by atoms with Crippen LogP contribution in [-0.4, -0.2) is 70.3 Å². The molecule has 2 aromatic heterocycles. The van der Waals surface area contributed by atoms with E-state index in [-0.39, 0.29) is 24.0 Å². The lowest BCUT2D eigenvalue weighted by atomic mass is 10.2. The molecule has 2 atom stereocenters. The first kappa shape index (κ1) is 24.4. The number of nitrogens with one attached hydrogen (secondary N) is 4. The van der Waals surface area contributed by atoms with Gasteiger partial charge >= 0.3 is 0 Å². The average Bonchev–Trinajstić information content (AvgIpc) is 3.63. The summed E-state index contributed by atoms with van der Waals surface area (Å²) >= 11 is 0. The van der Waals surface area contributed by atoms with Crippen LogP contribution in [0.2, 0.25) is 0 Å². The third-order valence-electron chi connectivity index (χ3n) is 6.24. The molecule has 0 spiro atoms. The van der Waals surface area contributed by atoms with E-state index in [9.17, 15) is 9.59 Å². The van der Waals surface area contributed by atoms with E-state index < -0.39 is 0 Å². The Balaban J connectivity index is 1.51. The molecule has 0 saturated carbocycles. The Morgan fingerprint density at radius 1 is 0.824 bits per heavy atom. The number of H-pyrrole nitrogens is 2. The van der Waals surface area contributed by atoms with Crippen molar-refractivity contribution in [2.24, 2.45) is 0 Å². The molecular formula is C24H36N6O4. The summed E-state index contributed by atoms with van der Waals surface area (Å²) in [5, 5.41) is 5.90. The second-order valence-corrected chi connectivity index (χ2v) is 9.02. The van der Waals surface area contributed by atoms with Crippen LogP contribution in [0.3, 0.4) is 0 Å². The van der Waals surface area contributed by atoms with Gasteiger partial charge in [0.1, 0.15) is 11.4 Å². The number of ether oxygens (including phenoxy) is 2. The Morgan fingerprint density at radius 2 is 1.26 bits per heavy atom. The van der Waals surface area contributed by atoms with E-state index in [1.165, 1.54) is 0 Å². The third kappa shape index (κ3) is 5.85. The van der Waals surface area contributed by atoms with Gasteiger partial charge in [-0.15, -0.1) is 0 Å². The van der Waals surface area contributed by atoms with E-state index in [1.807, 2.05) is 0 Å². The third-order valence-corrected chi connectivity index (χ3v) is 6.24. The fourth-order valence-electron chi connectivity index (χ4n) is 4.47. The number of aromatic nitrogens is 4. The molecule has 10 heteroatoms. The molecule has 2 aliphatic rings. The maximum Gasteiger partial charge on any atom is 0.271 e. The molecule has 2 amide bonds. The predicted molar refractivity (Wildman–Crippen MR) is 127 cm³/mol. The van der Waals surface area contributed by atoms with Gasteiger partial charge in [0.25, 0.3) is 11.8 Å². The van der Waals surface area contributed by atoms with Crippen LogP contribution in [0.25, 0.3) is 11.6 Å². The number of imidazole rings is 2. The van der Waals surface area contributed by atoms with Crippen LogP contribution < -0.4 is 10.6 Å². The van der Waals surface area contributed by atoms with Crippen molar-refractivity contribution in [1.29, 1.82) is 0 Å². The zero-order chi connectivity index (χ0) is 23.9. The summed E-state index contributed by atoms with van der Waals surface area (Å²) in [6.45, 7) is 6.55. The number of hydrogen-bond acceptors (Lipinski definition) is 6. The summed E-state index contributed by atoms with van der Waals surface area (Å²) in [7, 11) is 0.